The summed E-state index contributed by atoms with van der Waals surface area (Å²) in [5, 5.41) is 0. The Morgan fingerprint density at radius 1 is 1.13 bits per heavy atom. The van der Waals surface area contributed by atoms with Crippen molar-refractivity contribution in [1.82, 2.24) is 24.3 Å². The molecule has 0 spiro atoms. The van der Waals surface area contributed by atoms with Gasteiger partial charge in [0.15, 0.2) is 0 Å². The molecule has 1 amide bonds. The van der Waals surface area contributed by atoms with Crippen molar-refractivity contribution in [3.63, 3.8) is 0 Å². The van der Waals surface area contributed by atoms with Crippen LogP contribution in [0.2, 0.25) is 0 Å². The summed E-state index contributed by atoms with van der Waals surface area (Å²) >= 11 is 0. The lowest BCUT2D eigenvalue weighted by atomic mass is 9.93. The van der Waals surface area contributed by atoms with E-state index in [4.69, 9.17) is 4.98 Å². The van der Waals surface area contributed by atoms with Gasteiger partial charge in [-0.05, 0) is 76.8 Å². The number of amides is 1. The predicted octanol–water partition coefficient (Wildman–Crippen LogP) is 3.12. The highest BCUT2D eigenvalue weighted by Gasteiger charge is 2.26. The number of benzene rings is 1. The lowest BCUT2D eigenvalue weighted by Gasteiger charge is -2.36. The molecule has 2 fully saturated rings. The fourth-order valence-corrected chi connectivity index (χ4v) is 5.16. The van der Waals surface area contributed by atoms with Gasteiger partial charge in [-0.3, -0.25) is 9.69 Å². The molecule has 0 unspecified atom stereocenters. The van der Waals surface area contributed by atoms with Crippen molar-refractivity contribution in [2.75, 3.05) is 40.3 Å². The zero-order valence-electron chi connectivity index (χ0n) is 18.9. The second kappa shape index (κ2) is 9.48. The average molecular weight is 412 g/mol. The zero-order chi connectivity index (χ0) is 21.1. The number of likely N-dealkylation sites (tertiary alicyclic amines) is 2. The molecule has 2 aliphatic heterocycles. The van der Waals surface area contributed by atoms with Gasteiger partial charge in [-0.25, -0.2) is 4.98 Å². The first-order valence-electron chi connectivity index (χ1n) is 11.6. The molecule has 0 bridgehead atoms. The fourth-order valence-electron chi connectivity index (χ4n) is 5.16. The third-order valence-corrected chi connectivity index (χ3v) is 7.24. The standard InChI is InChI=1S/C24H37N5O/c1-26-15-12-20(13-16-26)27(2)24(30)11-10-19-7-6-14-29(17-19)18-23-25-21-8-4-5-9-22(21)28(23)3/h4-5,8-9,19-20H,6-7,10-18H2,1-3H3/t19-/m1/s1. The molecular weight excluding hydrogens is 374 g/mol. The van der Waals surface area contributed by atoms with Gasteiger partial charge < -0.3 is 14.4 Å². The Balaban J connectivity index is 1.27. The molecule has 1 aromatic carbocycles. The van der Waals surface area contributed by atoms with Crippen LogP contribution in [0.3, 0.4) is 0 Å². The zero-order valence-corrected chi connectivity index (χ0v) is 18.9. The summed E-state index contributed by atoms with van der Waals surface area (Å²) in [6.07, 6.45) is 6.36. The van der Waals surface area contributed by atoms with Crippen molar-refractivity contribution in [3.05, 3.63) is 30.1 Å². The number of fused-ring (bicyclic) bond motifs is 1. The van der Waals surface area contributed by atoms with Crippen LogP contribution in [0.15, 0.2) is 24.3 Å². The number of imidazole rings is 1. The molecule has 0 radical (unpaired) electrons. The number of piperidine rings is 2. The summed E-state index contributed by atoms with van der Waals surface area (Å²) in [5.74, 6) is 2.08. The normalized spacial score (nSPS) is 21.9. The van der Waals surface area contributed by atoms with Gasteiger partial charge in [0.2, 0.25) is 5.91 Å². The van der Waals surface area contributed by atoms with E-state index in [0.717, 1.165) is 63.3 Å². The van der Waals surface area contributed by atoms with Gasteiger partial charge in [0.05, 0.1) is 17.6 Å². The van der Waals surface area contributed by atoms with Gasteiger partial charge in [-0.1, -0.05) is 12.1 Å². The van der Waals surface area contributed by atoms with E-state index < -0.39 is 0 Å². The summed E-state index contributed by atoms with van der Waals surface area (Å²) in [6, 6.07) is 8.77. The Bertz CT molecular complexity index is 854. The van der Waals surface area contributed by atoms with E-state index in [1.807, 2.05) is 11.9 Å². The summed E-state index contributed by atoms with van der Waals surface area (Å²) in [7, 11) is 6.29. The molecule has 6 nitrogen and oxygen atoms in total. The number of hydrogen-bond donors (Lipinski definition) is 0. The van der Waals surface area contributed by atoms with E-state index in [0.29, 0.717) is 24.3 Å². The van der Waals surface area contributed by atoms with Crippen molar-refractivity contribution in [1.29, 1.82) is 0 Å². The van der Waals surface area contributed by atoms with Crippen LogP contribution >= 0.6 is 0 Å². The third kappa shape index (κ3) is 4.86. The van der Waals surface area contributed by atoms with Crippen LogP contribution in [-0.4, -0.2) is 76.5 Å². The van der Waals surface area contributed by atoms with Crippen LogP contribution in [0.5, 0.6) is 0 Å². The number of para-hydroxylation sites is 2. The molecule has 2 aromatic rings. The quantitative estimate of drug-likeness (QED) is 0.733. The first-order chi connectivity index (χ1) is 14.5. The molecule has 2 saturated heterocycles. The molecule has 164 valence electrons. The molecule has 0 aliphatic carbocycles. The monoisotopic (exact) mass is 411 g/mol. The van der Waals surface area contributed by atoms with Crippen LogP contribution in [0, 0.1) is 5.92 Å². The smallest absolute Gasteiger partial charge is 0.222 e. The molecule has 0 N–H and O–H groups in total. The molecule has 3 heterocycles. The Kier molecular flexibility index (Phi) is 6.74. The molecule has 4 rings (SSSR count). The van der Waals surface area contributed by atoms with Crippen LogP contribution < -0.4 is 0 Å². The first kappa shape index (κ1) is 21.3. The summed E-state index contributed by atoms with van der Waals surface area (Å²) < 4.78 is 2.22. The SMILES string of the molecule is CN1CCC(N(C)C(=O)CC[C@H]2CCCN(Cc3nc4ccccc4n3C)C2)CC1. The Labute approximate surface area is 180 Å². The number of aryl methyl sites for hydroxylation is 1. The largest absolute Gasteiger partial charge is 0.343 e. The molecule has 1 aromatic heterocycles. The van der Waals surface area contributed by atoms with Crippen LogP contribution in [0.25, 0.3) is 11.0 Å². The Morgan fingerprint density at radius 3 is 2.67 bits per heavy atom. The highest BCUT2D eigenvalue weighted by atomic mass is 16.2. The molecule has 2 aliphatic rings. The van der Waals surface area contributed by atoms with E-state index in [9.17, 15) is 4.79 Å². The minimum absolute atomic E-state index is 0.331. The lowest BCUT2D eigenvalue weighted by Crippen LogP contribution is -2.44. The average Bonchev–Trinajstić information content (AvgIpc) is 3.08. The summed E-state index contributed by atoms with van der Waals surface area (Å²) in [6.45, 7) is 5.30. The van der Waals surface area contributed by atoms with Crippen molar-refractivity contribution in [3.8, 4) is 0 Å². The van der Waals surface area contributed by atoms with Crippen LogP contribution in [0.4, 0.5) is 0 Å². The topological polar surface area (TPSA) is 44.6 Å². The predicted molar refractivity (Wildman–Crippen MR) is 121 cm³/mol. The van der Waals surface area contributed by atoms with Crippen molar-refractivity contribution < 1.29 is 4.79 Å². The minimum Gasteiger partial charge on any atom is -0.343 e. The second-order valence-corrected chi connectivity index (χ2v) is 9.40. The maximum atomic E-state index is 12.8. The highest BCUT2D eigenvalue weighted by Crippen LogP contribution is 2.24. The first-order valence-corrected chi connectivity index (χ1v) is 11.6. The number of aromatic nitrogens is 2. The molecule has 30 heavy (non-hydrogen) atoms. The number of carbonyl (C=O) groups is 1. The van der Waals surface area contributed by atoms with E-state index in [1.54, 1.807) is 0 Å². The van der Waals surface area contributed by atoms with Gasteiger partial charge in [0.1, 0.15) is 5.82 Å². The number of rotatable bonds is 6. The Morgan fingerprint density at radius 2 is 1.90 bits per heavy atom. The summed E-state index contributed by atoms with van der Waals surface area (Å²) in [5.41, 5.74) is 2.27. The number of carbonyl (C=O) groups excluding carboxylic acids is 1. The second-order valence-electron chi connectivity index (χ2n) is 9.40. The Hall–Kier alpha value is -1.92. The fraction of sp³-hybridized carbons (Fsp3) is 0.667. The third-order valence-electron chi connectivity index (χ3n) is 7.24. The maximum absolute atomic E-state index is 12.8. The molecule has 0 saturated carbocycles. The number of nitrogens with zero attached hydrogens (tertiary/aromatic N) is 5. The highest BCUT2D eigenvalue weighted by molar-refractivity contribution is 5.76. The number of hydrogen-bond acceptors (Lipinski definition) is 4. The molecule has 1 atom stereocenters. The molecule has 6 heteroatoms. The van der Waals surface area contributed by atoms with E-state index in [-0.39, 0.29) is 0 Å². The van der Waals surface area contributed by atoms with Crippen molar-refractivity contribution in [2.45, 2.75) is 51.1 Å². The van der Waals surface area contributed by atoms with Crippen molar-refractivity contribution >= 4 is 16.9 Å². The van der Waals surface area contributed by atoms with Crippen LogP contribution in [-0.2, 0) is 18.4 Å². The van der Waals surface area contributed by atoms with E-state index in [1.165, 1.54) is 18.4 Å². The maximum Gasteiger partial charge on any atom is 0.222 e. The van der Waals surface area contributed by atoms with Gasteiger partial charge in [-0.2, -0.15) is 0 Å². The van der Waals surface area contributed by atoms with Crippen molar-refractivity contribution in [2.24, 2.45) is 13.0 Å². The van der Waals surface area contributed by atoms with Gasteiger partial charge in [0.25, 0.3) is 0 Å². The van der Waals surface area contributed by atoms with Gasteiger partial charge in [0, 0.05) is 33.1 Å². The van der Waals surface area contributed by atoms with Crippen LogP contribution in [0.1, 0.15) is 44.3 Å². The van der Waals surface area contributed by atoms with E-state index >= 15 is 0 Å². The van der Waals surface area contributed by atoms with Gasteiger partial charge in [-0.15, -0.1) is 0 Å². The van der Waals surface area contributed by atoms with Gasteiger partial charge >= 0.3 is 0 Å². The summed E-state index contributed by atoms with van der Waals surface area (Å²) in [4.78, 5) is 24.5. The lowest BCUT2D eigenvalue weighted by molar-refractivity contribution is -0.133. The van der Waals surface area contributed by atoms with E-state index in [2.05, 4.69) is 52.7 Å². The molecular formula is C24H37N5O. The minimum atomic E-state index is 0.331.